The number of hydrogen-bond donors (Lipinski definition) is 0. The Bertz CT molecular complexity index is 632. The van der Waals surface area contributed by atoms with Gasteiger partial charge in [0.1, 0.15) is 17.6 Å². The summed E-state index contributed by atoms with van der Waals surface area (Å²) in [4.78, 5) is 14.8. The number of rotatable bonds is 2. The van der Waals surface area contributed by atoms with Crippen molar-refractivity contribution in [2.45, 2.75) is 11.4 Å². The predicted octanol–water partition coefficient (Wildman–Crippen LogP) is 2.03. The van der Waals surface area contributed by atoms with Gasteiger partial charge in [0.15, 0.2) is 10.7 Å². The highest BCUT2D eigenvalue weighted by atomic mass is 32.2. The molecule has 0 radical (unpaired) electrons. The summed E-state index contributed by atoms with van der Waals surface area (Å²) < 4.78 is 13.9. The van der Waals surface area contributed by atoms with E-state index in [1.807, 2.05) is 24.3 Å². The van der Waals surface area contributed by atoms with Gasteiger partial charge in [-0.1, -0.05) is 18.2 Å². The lowest BCUT2D eigenvalue weighted by Crippen LogP contribution is -2.24. The third-order valence-electron chi connectivity index (χ3n) is 2.87. The largest absolute Gasteiger partial charge is 0.588 e. The number of pyridine rings is 1. The molecule has 0 saturated heterocycles. The van der Waals surface area contributed by atoms with Crippen LogP contribution in [0.15, 0.2) is 47.5 Å². The molecule has 0 fully saturated rings. The number of benzene rings is 1. The Balaban J connectivity index is 1.91. The second kappa shape index (κ2) is 4.52. The van der Waals surface area contributed by atoms with Gasteiger partial charge in [-0.2, -0.15) is 4.31 Å². The summed E-state index contributed by atoms with van der Waals surface area (Å²) in [6.07, 6.45) is 1.18. The number of aromatic nitrogens is 1. The minimum atomic E-state index is -1.30. The Labute approximate surface area is 112 Å². The van der Waals surface area contributed by atoms with E-state index in [0.717, 1.165) is 10.5 Å². The third kappa shape index (κ3) is 2.02. The Morgan fingerprint density at radius 1 is 1.26 bits per heavy atom. The lowest BCUT2D eigenvalue weighted by molar-refractivity contribution is -0.385. The second-order valence-corrected chi connectivity index (χ2v) is 5.40. The van der Waals surface area contributed by atoms with Crippen LogP contribution >= 0.6 is 0 Å². The summed E-state index contributed by atoms with van der Waals surface area (Å²) in [7, 11) is 0. The first-order valence-corrected chi connectivity index (χ1v) is 6.65. The van der Waals surface area contributed by atoms with E-state index in [9.17, 15) is 14.7 Å². The van der Waals surface area contributed by atoms with Crippen LogP contribution in [-0.4, -0.2) is 14.5 Å². The zero-order chi connectivity index (χ0) is 13.4. The van der Waals surface area contributed by atoms with Gasteiger partial charge in [-0.25, -0.2) is 4.98 Å². The highest BCUT2D eigenvalue weighted by Crippen LogP contribution is 2.33. The van der Waals surface area contributed by atoms with Crippen molar-refractivity contribution in [3.63, 3.8) is 0 Å². The van der Waals surface area contributed by atoms with Gasteiger partial charge in [0.2, 0.25) is 0 Å². The number of hydrogen-bond acceptors (Lipinski definition) is 5. The number of nitrogens with zero attached hydrogens (tertiary/aromatic N) is 3. The highest BCUT2D eigenvalue weighted by Gasteiger charge is 2.34. The molecule has 1 aromatic heterocycles. The van der Waals surface area contributed by atoms with Crippen molar-refractivity contribution in [1.29, 1.82) is 0 Å². The Morgan fingerprint density at radius 3 is 2.68 bits per heavy atom. The van der Waals surface area contributed by atoms with E-state index in [2.05, 4.69) is 4.98 Å². The molecule has 0 spiro atoms. The molecule has 3 rings (SSSR count). The molecule has 0 aliphatic carbocycles. The summed E-state index contributed by atoms with van der Waals surface area (Å²) in [5, 5.41) is 10.6. The maximum atomic E-state index is 12.3. The Morgan fingerprint density at radius 2 is 2.05 bits per heavy atom. The van der Waals surface area contributed by atoms with Crippen LogP contribution in [0, 0.1) is 10.1 Å². The molecule has 1 atom stereocenters. The molecule has 96 valence electrons. The van der Waals surface area contributed by atoms with Crippen molar-refractivity contribution < 1.29 is 9.48 Å². The molecule has 1 aliphatic rings. The van der Waals surface area contributed by atoms with Crippen molar-refractivity contribution in [2.24, 2.45) is 0 Å². The molecular formula is C12H9N3O3S. The Hall–Kier alpha value is -2.12. The summed E-state index contributed by atoms with van der Waals surface area (Å²) in [6.45, 7) is 0.494. The van der Waals surface area contributed by atoms with Crippen LogP contribution in [0.1, 0.15) is 5.56 Å². The van der Waals surface area contributed by atoms with Gasteiger partial charge in [0.25, 0.3) is 5.69 Å². The smallest absolute Gasteiger partial charge is 0.287 e. The lowest BCUT2D eigenvalue weighted by Gasteiger charge is -2.16. The van der Waals surface area contributed by atoms with Crippen molar-refractivity contribution in [2.75, 3.05) is 4.31 Å². The SMILES string of the molecule is O=[N+]([O-])c1ccc(N2Cc3ccccc3[S+]2[O-])nc1. The van der Waals surface area contributed by atoms with E-state index in [0.29, 0.717) is 12.4 Å². The number of fused-ring (bicyclic) bond motifs is 1. The second-order valence-electron chi connectivity index (χ2n) is 4.03. The van der Waals surface area contributed by atoms with E-state index in [4.69, 9.17) is 0 Å². The van der Waals surface area contributed by atoms with Crippen LogP contribution in [0.4, 0.5) is 11.5 Å². The molecule has 1 aliphatic heterocycles. The van der Waals surface area contributed by atoms with E-state index in [1.54, 1.807) is 4.31 Å². The minimum absolute atomic E-state index is 0.0776. The average molecular weight is 275 g/mol. The fourth-order valence-electron chi connectivity index (χ4n) is 1.94. The van der Waals surface area contributed by atoms with Crippen LogP contribution in [0.5, 0.6) is 0 Å². The molecular weight excluding hydrogens is 266 g/mol. The molecule has 2 heterocycles. The normalized spacial score (nSPS) is 17.3. The zero-order valence-corrected chi connectivity index (χ0v) is 10.5. The fourth-order valence-corrected chi connectivity index (χ4v) is 3.26. The molecule has 7 heteroatoms. The molecule has 0 amide bonds. The maximum Gasteiger partial charge on any atom is 0.287 e. The monoisotopic (exact) mass is 275 g/mol. The number of anilines is 1. The van der Waals surface area contributed by atoms with Gasteiger partial charge in [-0.05, 0) is 12.1 Å². The molecule has 6 nitrogen and oxygen atoms in total. The van der Waals surface area contributed by atoms with E-state index in [-0.39, 0.29) is 5.69 Å². The third-order valence-corrected chi connectivity index (χ3v) is 4.36. The van der Waals surface area contributed by atoms with Gasteiger partial charge in [0.05, 0.1) is 11.5 Å². The summed E-state index contributed by atoms with van der Waals surface area (Å²) in [5.41, 5.74) is 0.909. The molecule has 2 aromatic rings. The first-order valence-electron chi connectivity index (χ1n) is 5.54. The van der Waals surface area contributed by atoms with E-state index >= 15 is 0 Å². The Kier molecular flexibility index (Phi) is 2.84. The summed E-state index contributed by atoms with van der Waals surface area (Å²) in [6, 6.07) is 10.3. The van der Waals surface area contributed by atoms with Crippen molar-refractivity contribution >= 4 is 22.9 Å². The first-order chi connectivity index (χ1) is 9.16. The van der Waals surface area contributed by atoms with Crippen molar-refractivity contribution in [3.8, 4) is 0 Å². The van der Waals surface area contributed by atoms with Crippen LogP contribution < -0.4 is 4.31 Å². The van der Waals surface area contributed by atoms with Gasteiger partial charge >= 0.3 is 0 Å². The zero-order valence-electron chi connectivity index (χ0n) is 9.72. The topological polar surface area (TPSA) is 82.3 Å². The lowest BCUT2D eigenvalue weighted by atomic mass is 10.2. The molecule has 19 heavy (non-hydrogen) atoms. The van der Waals surface area contributed by atoms with Gasteiger partial charge in [0, 0.05) is 11.6 Å². The minimum Gasteiger partial charge on any atom is -0.588 e. The maximum absolute atomic E-state index is 12.3. The molecule has 0 N–H and O–H groups in total. The fraction of sp³-hybridized carbons (Fsp3) is 0.0833. The predicted molar refractivity (Wildman–Crippen MR) is 69.9 cm³/mol. The summed E-state index contributed by atoms with van der Waals surface area (Å²) >= 11 is -1.30. The van der Waals surface area contributed by atoms with Crippen molar-refractivity contribution in [1.82, 2.24) is 4.98 Å². The number of nitro groups is 1. The van der Waals surface area contributed by atoms with Gasteiger partial charge < -0.3 is 4.55 Å². The van der Waals surface area contributed by atoms with Crippen LogP contribution in [-0.2, 0) is 17.9 Å². The van der Waals surface area contributed by atoms with E-state index in [1.165, 1.54) is 18.3 Å². The standard InChI is InChI=1S/C12H9N3O3S/c16-15(17)10-5-6-12(13-7-10)14-8-9-3-1-2-4-11(9)19(14)18/h1-7H,8H2. The molecule has 1 unspecified atom stereocenters. The average Bonchev–Trinajstić information content (AvgIpc) is 2.77. The van der Waals surface area contributed by atoms with Crippen LogP contribution in [0.2, 0.25) is 0 Å². The van der Waals surface area contributed by atoms with Gasteiger partial charge in [-0.3, -0.25) is 10.1 Å². The van der Waals surface area contributed by atoms with Crippen LogP contribution in [0.25, 0.3) is 0 Å². The molecule has 0 saturated carbocycles. The molecule has 1 aromatic carbocycles. The highest BCUT2D eigenvalue weighted by molar-refractivity contribution is 7.93. The quantitative estimate of drug-likeness (QED) is 0.476. The van der Waals surface area contributed by atoms with E-state index < -0.39 is 16.3 Å². The van der Waals surface area contributed by atoms with Crippen LogP contribution in [0.3, 0.4) is 0 Å². The van der Waals surface area contributed by atoms with Crippen molar-refractivity contribution in [3.05, 3.63) is 58.3 Å². The van der Waals surface area contributed by atoms with Gasteiger partial charge in [-0.15, -0.1) is 0 Å². The first kappa shape index (κ1) is 11.9. The summed E-state index contributed by atoms with van der Waals surface area (Å²) in [5.74, 6) is 0.472. The molecule has 0 bridgehead atoms.